The van der Waals surface area contributed by atoms with E-state index in [1.54, 1.807) is 0 Å². The Hall–Kier alpha value is 0.0500. The van der Waals surface area contributed by atoms with Crippen molar-refractivity contribution in [1.82, 2.24) is 0 Å². The summed E-state index contributed by atoms with van der Waals surface area (Å²) < 4.78 is 0. The summed E-state index contributed by atoms with van der Waals surface area (Å²) in [6.07, 6.45) is 5.23. The van der Waals surface area contributed by atoms with Crippen molar-refractivity contribution in [3.63, 3.8) is 0 Å². The summed E-state index contributed by atoms with van der Waals surface area (Å²) in [5.41, 5.74) is 1.18. The van der Waals surface area contributed by atoms with Crippen LogP contribution in [0.15, 0.2) is 12.2 Å². The third-order valence-corrected chi connectivity index (χ3v) is 4.02. The van der Waals surface area contributed by atoms with Crippen LogP contribution in [0.1, 0.15) is 39.0 Å². The number of rotatable bonds is 5. The summed E-state index contributed by atoms with van der Waals surface area (Å²) in [5.74, 6) is 3.33. The normalized spacial score (nSPS) is 20.7. The molecule has 1 N–H and O–H groups in total. The molecule has 1 heterocycles. The van der Waals surface area contributed by atoms with Gasteiger partial charge in [-0.15, -0.1) is 0 Å². The number of hydrogen-bond donors (Lipinski definition) is 1. The fraction of sp³-hybridized carbons (Fsp3) is 0.833. The minimum atomic E-state index is -0.143. The quantitative estimate of drug-likeness (QED) is 0.709. The van der Waals surface area contributed by atoms with Crippen molar-refractivity contribution in [3.8, 4) is 0 Å². The molecule has 82 valence electrons. The van der Waals surface area contributed by atoms with Crippen LogP contribution in [0.4, 0.5) is 0 Å². The van der Waals surface area contributed by atoms with Gasteiger partial charge in [0.1, 0.15) is 0 Å². The van der Waals surface area contributed by atoms with E-state index in [4.69, 9.17) is 0 Å². The van der Waals surface area contributed by atoms with Crippen molar-refractivity contribution in [1.29, 1.82) is 0 Å². The van der Waals surface area contributed by atoms with Crippen LogP contribution in [0.3, 0.4) is 0 Å². The van der Waals surface area contributed by atoms with E-state index in [1.165, 1.54) is 29.9 Å². The van der Waals surface area contributed by atoms with E-state index in [-0.39, 0.29) is 6.10 Å². The topological polar surface area (TPSA) is 20.2 Å². The average Bonchev–Trinajstić information content (AvgIpc) is 2.19. The summed E-state index contributed by atoms with van der Waals surface area (Å²) in [5, 5.41) is 9.84. The summed E-state index contributed by atoms with van der Waals surface area (Å²) in [6.45, 7) is 6.05. The molecule has 1 nitrogen and oxygen atoms in total. The molecule has 0 aromatic carbocycles. The first-order valence-corrected chi connectivity index (χ1v) is 6.80. The van der Waals surface area contributed by atoms with Crippen molar-refractivity contribution in [2.24, 2.45) is 5.92 Å². The van der Waals surface area contributed by atoms with Gasteiger partial charge in [0.15, 0.2) is 0 Å². The Morgan fingerprint density at radius 3 is 2.71 bits per heavy atom. The van der Waals surface area contributed by atoms with Crippen LogP contribution in [0.5, 0.6) is 0 Å². The molecule has 2 heteroatoms. The van der Waals surface area contributed by atoms with E-state index in [9.17, 15) is 5.11 Å². The summed E-state index contributed by atoms with van der Waals surface area (Å²) in [7, 11) is 0. The smallest absolute Gasteiger partial charge is 0.0579 e. The molecule has 0 amide bonds. The first-order valence-electron chi connectivity index (χ1n) is 5.64. The largest absolute Gasteiger partial charge is 0.393 e. The predicted octanol–water partition coefficient (Wildman–Crippen LogP) is 3.24. The van der Waals surface area contributed by atoms with Gasteiger partial charge in [-0.25, -0.2) is 0 Å². The maximum absolute atomic E-state index is 9.84. The zero-order chi connectivity index (χ0) is 10.4. The second-order valence-corrected chi connectivity index (χ2v) is 5.48. The zero-order valence-corrected chi connectivity index (χ0v) is 9.98. The van der Waals surface area contributed by atoms with E-state index in [1.807, 2.05) is 11.8 Å². The first-order chi connectivity index (χ1) is 6.72. The van der Waals surface area contributed by atoms with Gasteiger partial charge in [-0.3, -0.25) is 0 Å². The molecule has 1 atom stereocenters. The second kappa shape index (κ2) is 6.52. The van der Waals surface area contributed by atoms with Gasteiger partial charge in [0.05, 0.1) is 6.10 Å². The van der Waals surface area contributed by atoms with Crippen LogP contribution in [0.2, 0.25) is 0 Å². The molecule has 0 bridgehead atoms. The SMILES string of the molecule is C=C(CC)CC(O)CC1CCSCC1. The number of thioether (sulfide) groups is 1. The molecule has 1 rings (SSSR count). The first kappa shape index (κ1) is 12.1. The molecule has 0 saturated carbocycles. The Kier molecular flexibility index (Phi) is 5.64. The molecule has 1 fully saturated rings. The molecular weight excluding hydrogens is 192 g/mol. The maximum atomic E-state index is 9.84. The van der Waals surface area contributed by atoms with E-state index < -0.39 is 0 Å². The second-order valence-electron chi connectivity index (χ2n) is 4.25. The van der Waals surface area contributed by atoms with Gasteiger partial charge in [-0.2, -0.15) is 11.8 Å². The highest BCUT2D eigenvalue weighted by molar-refractivity contribution is 7.99. The molecule has 1 unspecified atom stereocenters. The summed E-state index contributed by atoms with van der Waals surface area (Å²) >= 11 is 2.04. The van der Waals surface area contributed by atoms with Crippen molar-refractivity contribution in [3.05, 3.63) is 12.2 Å². The van der Waals surface area contributed by atoms with Crippen molar-refractivity contribution >= 4 is 11.8 Å². The highest BCUT2D eigenvalue weighted by Crippen LogP contribution is 2.27. The van der Waals surface area contributed by atoms with E-state index in [2.05, 4.69) is 13.5 Å². The lowest BCUT2D eigenvalue weighted by molar-refractivity contribution is 0.139. The van der Waals surface area contributed by atoms with Crippen LogP contribution in [0.25, 0.3) is 0 Å². The molecule has 1 aliphatic heterocycles. The van der Waals surface area contributed by atoms with Gasteiger partial charge < -0.3 is 5.11 Å². The van der Waals surface area contributed by atoms with E-state index in [0.29, 0.717) is 0 Å². The molecule has 0 aliphatic carbocycles. The highest BCUT2D eigenvalue weighted by atomic mass is 32.2. The van der Waals surface area contributed by atoms with Gasteiger partial charge in [0.25, 0.3) is 0 Å². The van der Waals surface area contributed by atoms with Gasteiger partial charge in [0.2, 0.25) is 0 Å². The van der Waals surface area contributed by atoms with E-state index >= 15 is 0 Å². The predicted molar refractivity (Wildman–Crippen MR) is 64.7 cm³/mol. The number of hydrogen-bond acceptors (Lipinski definition) is 2. The van der Waals surface area contributed by atoms with Crippen LogP contribution in [0, 0.1) is 5.92 Å². The fourth-order valence-corrected chi connectivity index (χ4v) is 3.13. The van der Waals surface area contributed by atoms with E-state index in [0.717, 1.165) is 25.2 Å². The number of aliphatic hydroxyl groups excluding tert-OH is 1. The molecule has 0 aromatic heterocycles. The standard InChI is InChI=1S/C12H22OS/c1-3-10(2)8-12(13)9-11-4-6-14-7-5-11/h11-13H,2-9H2,1H3. The van der Waals surface area contributed by atoms with Gasteiger partial charge in [-0.05, 0) is 49.5 Å². The van der Waals surface area contributed by atoms with Gasteiger partial charge >= 0.3 is 0 Å². The van der Waals surface area contributed by atoms with Crippen molar-refractivity contribution < 1.29 is 5.11 Å². The molecule has 0 radical (unpaired) electrons. The van der Waals surface area contributed by atoms with Crippen molar-refractivity contribution in [2.75, 3.05) is 11.5 Å². The summed E-state index contributed by atoms with van der Waals surface area (Å²) in [6, 6.07) is 0. The van der Waals surface area contributed by atoms with Crippen molar-refractivity contribution in [2.45, 2.75) is 45.1 Å². The average molecular weight is 214 g/mol. The van der Waals surface area contributed by atoms with Gasteiger partial charge in [-0.1, -0.05) is 19.1 Å². The number of aliphatic hydroxyl groups is 1. The fourth-order valence-electron chi connectivity index (χ4n) is 1.93. The molecule has 0 aromatic rings. The third kappa shape index (κ3) is 4.52. The monoisotopic (exact) mass is 214 g/mol. The Bertz CT molecular complexity index is 173. The van der Waals surface area contributed by atoms with Crippen LogP contribution in [-0.4, -0.2) is 22.7 Å². The Labute approximate surface area is 92.0 Å². The Morgan fingerprint density at radius 2 is 2.14 bits per heavy atom. The lowest BCUT2D eigenvalue weighted by Crippen LogP contribution is -2.18. The summed E-state index contributed by atoms with van der Waals surface area (Å²) in [4.78, 5) is 0. The minimum absolute atomic E-state index is 0.143. The Balaban J connectivity index is 2.18. The molecule has 0 spiro atoms. The van der Waals surface area contributed by atoms with Crippen LogP contribution in [-0.2, 0) is 0 Å². The maximum Gasteiger partial charge on any atom is 0.0579 e. The Morgan fingerprint density at radius 1 is 1.50 bits per heavy atom. The zero-order valence-electron chi connectivity index (χ0n) is 9.17. The molecule has 1 aliphatic rings. The van der Waals surface area contributed by atoms with Crippen LogP contribution >= 0.6 is 11.8 Å². The van der Waals surface area contributed by atoms with Gasteiger partial charge in [0, 0.05) is 0 Å². The highest BCUT2D eigenvalue weighted by Gasteiger charge is 2.17. The molecule has 14 heavy (non-hydrogen) atoms. The lowest BCUT2D eigenvalue weighted by Gasteiger charge is -2.24. The molecule has 1 saturated heterocycles. The minimum Gasteiger partial charge on any atom is -0.393 e. The van der Waals surface area contributed by atoms with Crippen LogP contribution < -0.4 is 0 Å². The third-order valence-electron chi connectivity index (χ3n) is 2.97. The lowest BCUT2D eigenvalue weighted by atomic mass is 9.92. The molecular formula is C12H22OS.